The fraction of sp³-hybridized carbons (Fsp3) is 0.600. The van der Waals surface area contributed by atoms with Crippen LogP contribution in [0.15, 0.2) is 12.1 Å². The van der Waals surface area contributed by atoms with E-state index in [1.807, 2.05) is 17.8 Å². The molecule has 1 atom stereocenters. The number of anilines is 1. The second-order valence-corrected chi connectivity index (χ2v) is 9.00. The molecular weight excluding hydrogens is 344 g/mol. The van der Waals surface area contributed by atoms with Gasteiger partial charge in [0.15, 0.2) is 0 Å². The first-order chi connectivity index (χ1) is 12.7. The van der Waals surface area contributed by atoms with Crippen LogP contribution >= 0.6 is 11.3 Å². The van der Waals surface area contributed by atoms with Crippen LogP contribution in [-0.2, 0) is 19.9 Å². The van der Waals surface area contributed by atoms with Gasteiger partial charge in [-0.05, 0) is 63.6 Å². The molecule has 0 radical (unpaired) electrons. The third-order valence-corrected chi connectivity index (χ3v) is 7.50. The van der Waals surface area contributed by atoms with Crippen molar-refractivity contribution in [2.45, 2.75) is 63.5 Å². The highest BCUT2D eigenvalue weighted by atomic mass is 32.1. The van der Waals surface area contributed by atoms with E-state index in [1.165, 1.54) is 49.1 Å². The van der Waals surface area contributed by atoms with Gasteiger partial charge < -0.3 is 5.32 Å². The number of hydrogen-bond donors (Lipinski definition) is 1. The lowest BCUT2D eigenvalue weighted by Gasteiger charge is -2.38. The number of carbonyl (C=O) groups excluding carboxylic acids is 1. The van der Waals surface area contributed by atoms with Crippen molar-refractivity contribution >= 4 is 23.1 Å². The van der Waals surface area contributed by atoms with E-state index in [9.17, 15) is 4.79 Å². The van der Waals surface area contributed by atoms with Gasteiger partial charge in [-0.3, -0.25) is 14.4 Å². The molecular formula is C20H26N4OS. The van der Waals surface area contributed by atoms with Crippen LogP contribution in [0.1, 0.15) is 70.4 Å². The Balaban J connectivity index is 1.33. The van der Waals surface area contributed by atoms with E-state index in [0.29, 0.717) is 6.04 Å². The number of thiophene rings is 1. The van der Waals surface area contributed by atoms with Gasteiger partial charge in [-0.25, -0.2) is 0 Å². The molecule has 2 fully saturated rings. The first-order valence-electron chi connectivity index (χ1n) is 9.92. The first kappa shape index (κ1) is 16.5. The molecule has 1 saturated heterocycles. The van der Waals surface area contributed by atoms with Crippen LogP contribution in [0.2, 0.25) is 0 Å². The predicted molar refractivity (Wildman–Crippen MR) is 104 cm³/mol. The van der Waals surface area contributed by atoms with Gasteiger partial charge in [-0.1, -0.05) is 6.42 Å². The SMILES string of the molecule is Cn1nc2c(c1NC(=O)c1ccc([C@@H]3CCCN3C3CCC3)s1)CCC2. The topological polar surface area (TPSA) is 50.2 Å². The number of aryl methyl sites for hydroxylation is 2. The van der Waals surface area contributed by atoms with Gasteiger partial charge in [0, 0.05) is 29.6 Å². The standard InChI is InChI=1S/C20H26N4OS/c1-23-19(14-7-3-8-15(14)22-23)21-20(25)18-11-10-17(26-18)16-9-4-12-24(16)13-5-2-6-13/h10-11,13,16H,2-9,12H2,1H3,(H,21,25)/t16-/m0/s1. The van der Waals surface area contributed by atoms with Crippen LogP contribution in [0, 0.1) is 0 Å². The Morgan fingerprint density at radius 1 is 1.19 bits per heavy atom. The lowest BCUT2D eigenvalue weighted by atomic mass is 9.91. The van der Waals surface area contributed by atoms with Crippen molar-refractivity contribution in [1.29, 1.82) is 0 Å². The molecule has 1 saturated carbocycles. The number of aromatic nitrogens is 2. The average molecular weight is 371 g/mol. The molecule has 3 heterocycles. The molecule has 1 aliphatic heterocycles. The van der Waals surface area contributed by atoms with Gasteiger partial charge in [-0.15, -0.1) is 11.3 Å². The predicted octanol–water partition coefficient (Wildman–Crippen LogP) is 3.91. The minimum atomic E-state index is 0.00661. The fourth-order valence-corrected chi connectivity index (χ4v) is 5.81. The normalized spacial score (nSPS) is 23.2. The second kappa shape index (κ2) is 6.50. The van der Waals surface area contributed by atoms with E-state index < -0.39 is 0 Å². The van der Waals surface area contributed by atoms with E-state index in [2.05, 4.69) is 21.4 Å². The summed E-state index contributed by atoms with van der Waals surface area (Å²) in [5.41, 5.74) is 2.38. The molecule has 138 valence electrons. The van der Waals surface area contributed by atoms with Gasteiger partial charge in [0.05, 0.1) is 10.6 Å². The molecule has 0 unspecified atom stereocenters. The van der Waals surface area contributed by atoms with Crippen LogP contribution < -0.4 is 5.32 Å². The maximum Gasteiger partial charge on any atom is 0.266 e. The average Bonchev–Trinajstić information content (AvgIpc) is 3.32. The highest BCUT2D eigenvalue weighted by Gasteiger charge is 2.35. The number of likely N-dealkylation sites (tertiary alicyclic amines) is 1. The first-order valence-corrected chi connectivity index (χ1v) is 10.7. The van der Waals surface area contributed by atoms with E-state index in [-0.39, 0.29) is 5.91 Å². The number of hydrogen-bond acceptors (Lipinski definition) is 4. The molecule has 6 heteroatoms. The van der Waals surface area contributed by atoms with Crippen LogP contribution in [0.25, 0.3) is 0 Å². The molecule has 0 bridgehead atoms. The van der Waals surface area contributed by atoms with Gasteiger partial charge in [-0.2, -0.15) is 5.10 Å². The zero-order chi connectivity index (χ0) is 17.7. The Morgan fingerprint density at radius 3 is 2.88 bits per heavy atom. The third-order valence-electron chi connectivity index (χ3n) is 6.32. The molecule has 1 amide bonds. The van der Waals surface area contributed by atoms with Gasteiger partial charge in [0.25, 0.3) is 5.91 Å². The summed E-state index contributed by atoms with van der Waals surface area (Å²) in [7, 11) is 1.92. The van der Waals surface area contributed by atoms with Crippen molar-refractivity contribution in [2.75, 3.05) is 11.9 Å². The highest BCUT2D eigenvalue weighted by molar-refractivity contribution is 7.14. The third kappa shape index (κ3) is 2.70. The summed E-state index contributed by atoms with van der Waals surface area (Å²) in [5, 5.41) is 7.68. The number of nitrogens with one attached hydrogen (secondary N) is 1. The Labute approximate surface area is 158 Å². The van der Waals surface area contributed by atoms with Crippen molar-refractivity contribution < 1.29 is 4.79 Å². The maximum atomic E-state index is 12.8. The summed E-state index contributed by atoms with van der Waals surface area (Å²) in [6.07, 6.45) is 9.77. The summed E-state index contributed by atoms with van der Waals surface area (Å²) in [6, 6.07) is 5.48. The molecule has 3 aliphatic rings. The Hall–Kier alpha value is -1.66. The Bertz CT molecular complexity index is 835. The molecule has 1 N–H and O–H groups in total. The zero-order valence-electron chi connectivity index (χ0n) is 15.3. The van der Waals surface area contributed by atoms with Crippen molar-refractivity contribution in [3.05, 3.63) is 33.1 Å². The number of rotatable bonds is 4. The van der Waals surface area contributed by atoms with Crippen molar-refractivity contribution in [2.24, 2.45) is 7.05 Å². The van der Waals surface area contributed by atoms with E-state index in [0.717, 1.165) is 41.7 Å². The van der Waals surface area contributed by atoms with Crippen LogP contribution in [0.4, 0.5) is 5.82 Å². The molecule has 0 aromatic carbocycles. The molecule has 2 aromatic rings. The minimum Gasteiger partial charge on any atom is -0.306 e. The van der Waals surface area contributed by atoms with Crippen molar-refractivity contribution in [3.63, 3.8) is 0 Å². The lowest BCUT2D eigenvalue weighted by Crippen LogP contribution is -2.39. The van der Waals surface area contributed by atoms with Crippen LogP contribution in [0.5, 0.6) is 0 Å². The van der Waals surface area contributed by atoms with Crippen molar-refractivity contribution in [1.82, 2.24) is 14.7 Å². The van der Waals surface area contributed by atoms with E-state index in [4.69, 9.17) is 0 Å². The zero-order valence-corrected chi connectivity index (χ0v) is 16.1. The van der Waals surface area contributed by atoms with Gasteiger partial charge in [0.2, 0.25) is 0 Å². The minimum absolute atomic E-state index is 0.00661. The summed E-state index contributed by atoms with van der Waals surface area (Å²) < 4.78 is 1.82. The molecule has 2 aromatic heterocycles. The smallest absolute Gasteiger partial charge is 0.266 e. The number of amides is 1. The summed E-state index contributed by atoms with van der Waals surface area (Å²) >= 11 is 1.67. The van der Waals surface area contributed by atoms with Crippen LogP contribution in [0.3, 0.4) is 0 Å². The summed E-state index contributed by atoms with van der Waals surface area (Å²) in [6.45, 7) is 1.22. The van der Waals surface area contributed by atoms with Gasteiger partial charge >= 0.3 is 0 Å². The largest absolute Gasteiger partial charge is 0.306 e. The number of carbonyl (C=O) groups is 1. The molecule has 0 spiro atoms. The van der Waals surface area contributed by atoms with Crippen LogP contribution in [-0.4, -0.2) is 33.2 Å². The van der Waals surface area contributed by atoms with Crippen molar-refractivity contribution in [3.8, 4) is 0 Å². The lowest BCUT2D eigenvalue weighted by molar-refractivity contribution is 0.102. The molecule has 5 nitrogen and oxygen atoms in total. The van der Waals surface area contributed by atoms with E-state index in [1.54, 1.807) is 11.3 Å². The quantitative estimate of drug-likeness (QED) is 0.888. The second-order valence-electron chi connectivity index (χ2n) is 7.89. The Kier molecular flexibility index (Phi) is 4.13. The monoisotopic (exact) mass is 370 g/mol. The fourth-order valence-electron chi connectivity index (χ4n) is 4.75. The molecule has 26 heavy (non-hydrogen) atoms. The van der Waals surface area contributed by atoms with E-state index >= 15 is 0 Å². The highest BCUT2D eigenvalue weighted by Crippen LogP contribution is 2.41. The van der Waals surface area contributed by atoms with Gasteiger partial charge in [0.1, 0.15) is 5.82 Å². The molecule has 2 aliphatic carbocycles. The maximum absolute atomic E-state index is 12.8. The Morgan fingerprint density at radius 2 is 2.08 bits per heavy atom. The number of fused-ring (bicyclic) bond motifs is 1. The molecule has 5 rings (SSSR count). The summed E-state index contributed by atoms with van der Waals surface area (Å²) in [5.74, 6) is 0.890. The number of nitrogens with zero attached hydrogens (tertiary/aromatic N) is 3. The summed E-state index contributed by atoms with van der Waals surface area (Å²) in [4.78, 5) is 17.7.